The van der Waals surface area contributed by atoms with Crippen LogP contribution >= 0.6 is 23.1 Å². The van der Waals surface area contributed by atoms with Crippen molar-refractivity contribution >= 4 is 23.1 Å². The highest BCUT2D eigenvalue weighted by Gasteiger charge is 2.06. The van der Waals surface area contributed by atoms with Gasteiger partial charge in [0.15, 0.2) is 5.16 Å². The van der Waals surface area contributed by atoms with Crippen LogP contribution < -0.4 is 0 Å². The first-order valence-corrected chi connectivity index (χ1v) is 6.33. The maximum absolute atomic E-state index is 4.50. The van der Waals surface area contributed by atoms with Gasteiger partial charge in [0.25, 0.3) is 0 Å². The molecule has 2 aromatic heterocycles. The van der Waals surface area contributed by atoms with E-state index in [1.807, 2.05) is 25.4 Å². The van der Waals surface area contributed by atoms with Crippen LogP contribution in [-0.4, -0.2) is 16.2 Å². The fourth-order valence-corrected chi connectivity index (χ4v) is 2.31. The summed E-state index contributed by atoms with van der Waals surface area (Å²) in [6, 6.07) is 4.13. The zero-order valence-corrected chi connectivity index (χ0v) is 9.65. The molecule has 0 saturated carbocycles. The number of rotatable bonds is 2. The Balaban J connectivity index is 2.51. The summed E-state index contributed by atoms with van der Waals surface area (Å²) >= 11 is 3.28. The van der Waals surface area contributed by atoms with Crippen molar-refractivity contribution in [2.24, 2.45) is 0 Å². The Kier molecular flexibility index (Phi) is 2.84. The van der Waals surface area contributed by atoms with Crippen molar-refractivity contribution in [2.75, 3.05) is 6.26 Å². The molecule has 0 aliphatic rings. The third-order valence-corrected chi connectivity index (χ3v) is 3.33. The lowest BCUT2D eigenvalue weighted by Gasteiger charge is -2.02. The van der Waals surface area contributed by atoms with E-state index >= 15 is 0 Å². The summed E-state index contributed by atoms with van der Waals surface area (Å²) in [5.41, 5.74) is 2.18. The Morgan fingerprint density at radius 1 is 1.43 bits per heavy atom. The largest absolute Gasteiger partial charge is 0.231 e. The second kappa shape index (κ2) is 4.11. The third-order valence-electron chi connectivity index (χ3n) is 1.89. The topological polar surface area (TPSA) is 25.8 Å². The number of hydrogen-bond donors (Lipinski definition) is 0. The Morgan fingerprint density at radius 2 is 2.29 bits per heavy atom. The average molecular weight is 222 g/mol. The van der Waals surface area contributed by atoms with Gasteiger partial charge in [-0.25, -0.2) is 9.97 Å². The second-order valence-corrected chi connectivity index (χ2v) is 4.59. The second-order valence-electron chi connectivity index (χ2n) is 2.87. The summed E-state index contributed by atoms with van der Waals surface area (Å²) in [6.45, 7) is 2.04. The van der Waals surface area contributed by atoms with Crippen LogP contribution in [0.4, 0.5) is 0 Å². The van der Waals surface area contributed by atoms with E-state index in [1.165, 1.54) is 4.88 Å². The SMILES string of the molecule is CSc1ncc(C)c(-c2cccs2)n1. The summed E-state index contributed by atoms with van der Waals surface area (Å²) in [7, 11) is 0. The molecule has 14 heavy (non-hydrogen) atoms. The minimum atomic E-state index is 0.832. The maximum Gasteiger partial charge on any atom is 0.187 e. The monoisotopic (exact) mass is 222 g/mol. The molecule has 0 fully saturated rings. The molecule has 0 unspecified atom stereocenters. The molecule has 4 heteroatoms. The molecule has 72 valence electrons. The molecule has 2 rings (SSSR count). The molecule has 0 saturated heterocycles. The minimum Gasteiger partial charge on any atom is -0.231 e. The highest BCUT2D eigenvalue weighted by molar-refractivity contribution is 7.98. The van der Waals surface area contributed by atoms with Gasteiger partial charge in [-0.15, -0.1) is 11.3 Å². The Bertz CT molecular complexity index is 424. The molecule has 2 aromatic rings. The smallest absolute Gasteiger partial charge is 0.187 e. The first-order chi connectivity index (χ1) is 6.81. The number of aromatic nitrogens is 2. The molecule has 0 aliphatic heterocycles. The molecule has 0 aliphatic carbocycles. The first-order valence-electron chi connectivity index (χ1n) is 4.23. The van der Waals surface area contributed by atoms with Gasteiger partial charge < -0.3 is 0 Å². The molecule has 0 atom stereocenters. The number of aryl methyl sites for hydroxylation is 1. The lowest BCUT2D eigenvalue weighted by Crippen LogP contribution is -1.91. The van der Waals surface area contributed by atoms with Crippen molar-refractivity contribution in [3.8, 4) is 10.6 Å². The molecule has 0 spiro atoms. The van der Waals surface area contributed by atoms with Gasteiger partial charge >= 0.3 is 0 Å². The van der Waals surface area contributed by atoms with Crippen LogP contribution in [0.2, 0.25) is 0 Å². The van der Waals surface area contributed by atoms with Gasteiger partial charge in [-0.2, -0.15) is 0 Å². The van der Waals surface area contributed by atoms with Crippen molar-refractivity contribution in [3.63, 3.8) is 0 Å². The summed E-state index contributed by atoms with van der Waals surface area (Å²) in [5.74, 6) is 0. The molecular weight excluding hydrogens is 212 g/mol. The molecule has 0 N–H and O–H groups in total. The average Bonchev–Trinajstić information content (AvgIpc) is 2.71. The quantitative estimate of drug-likeness (QED) is 0.576. The summed E-state index contributed by atoms with van der Waals surface area (Å²) < 4.78 is 0. The summed E-state index contributed by atoms with van der Waals surface area (Å²) in [4.78, 5) is 9.93. The first kappa shape index (κ1) is 9.68. The van der Waals surface area contributed by atoms with Crippen molar-refractivity contribution in [1.82, 2.24) is 9.97 Å². The molecule has 0 amide bonds. The standard InChI is InChI=1S/C10H10N2S2/c1-7-6-11-10(13-2)12-9(7)8-4-3-5-14-8/h3-6H,1-2H3. The highest BCUT2D eigenvalue weighted by atomic mass is 32.2. The number of thioether (sulfide) groups is 1. The van der Waals surface area contributed by atoms with Gasteiger partial charge in [-0.1, -0.05) is 17.8 Å². The van der Waals surface area contributed by atoms with Gasteiger partial charge in [-0.3, -0.25) is 0 Å². The number of nitrogens with zero attached hydrogens (tertiary/aromatic N) is 2. The zero-order chi connectivity index (χ0) is 9.97. The van der Waals surface area contributed by atoms with Crippen molar-refractivity contribution in [2.45, 2.75) is 12.1 Å². The lowest BCUT2D eigenvalue weighted by atomic mass is 10.2. The Hall–Kier alpha value is -0.870. The number of thiophene rings is 1. The highest BCUT2D eigenvalue weighted by Crippen LogP contribution is 2.26. The molecular formula is C10H10N2S2. The van der Waals surface area contributed by atoms with Crippen molar-refractivity contribution < 1.29 is 0 Å². The summed E-state index contributed by atoms with van der Waals surface area (Å²) in [6.07, 6.45) is 3.87. The van der Waals surface area contributed by atoms with Gasteiger partial charge in [-0.05, 0) is 30.2 Å². The number of hydrogen-bond acceptors (Lipinski definition) is 4. The predicted molar refractivity (Wildman–Crippen MR) is 61.9 cm³/mol. The van der Waals surface area contributed by atoms with Crippen molar-refractivity contribution in [1.29, 1.82) is 0 Å². The van der Waals surface area contributed by atoms with E-state index in [4.69, 9.17) is 0 Å². The Morgan fingerprint density at radius 3 is 2.93 bits per heavy atom. The van der Waals surface area contributed by atoms with Gasteiger partial charge in [0.05, 0.1) is 10.6 Å². The lowest BCUT2D eigenvalue weighted by molar-refractivity contribution is 0.962. The van der Waals surface area contributed by atoms with Crippen LogP contribution in [-0.2, 0) is 0 Å². The molecule has 0 aromatic carbocycles. The van der Waals surface area contributed by atoms with Crippen LogP contribution in [0.3, 0.4) is 0 Å². The molecule has 0 bridgehead atoms. The van der Waals surface area contributed by atoms with E-state index in [9.17, 15) is 0 Å². The molecule has 2 nitrogen and oxygen atoms in total. The fraction of sp³-hybridized carbons (Fsp3) is 0.200. The van der Waals surface area contributed by atoms with E-state index in [0.717, 1.165) is 16.4 Å². The van der Waals surface area contributed by atoms with E-state index < -0.39 is 0 Å². The van der Waals surface area contributed by atoms with Gasteiger partial charge in [0.1, 0.15) is 0 Å². The summed E-state index contributed by atoms with van der Waals surface area (Å²) in [5, 5.41) is 2.90. The molecule has 2 heterocycles. The van der Waals surface area contributed by atoms with Crippen LogP contribution in [0.15, 0.2) is 28.9 Å². The fourth-order valence-electron chi connectivity index (χ4n) is 1.19. The van der Waals surface area contributed by atoms with Crippen LogP contribution in [0.5, 0.6) is 0 Å². The van der Waals surface area contributed by atoms with E-state index in [0.29, 0.717) is 0 Å². The van der Waals surface area contributed by atoms with Crippen LogP contribution in [0.25, 0.3) is 10.6 Å². The van der Waals surface area contributed by atoms with Crippen LogP contribution in [0.1, 0.15) is 5.56 Å². The Labute approximate surface area is 91.4 Å². The third kappa shape index (κ3) is 1.81. The normalized spacial score (nSPS) is 10.4. The van der Waals surface area contributed by atoms with E-state index in [1.54, 1.807) is 23.1 Å². The van der Waals surface area contributed by atoms with Gasteiger partial charge in [0.2, 0.25) is 0 Å². The minimum absolute atomic E-state index is 0.832. The van der Waals surface area contributed by atoms with E-state index in [-0.39, 0.29) is 0 Å². The van der Waals surface area contributed by atoms with Crippen LogP contribution in [0, 0.1) is 6.92 Å². The van der Waals surface area contributed by atoms with Crippen molar-refractivity contribution in [3.05, 3.63) is 29.3 Å². The molecule has 0 radical (unpaired) electrons. The predicted octanol–water partition coefficient (Wildman–Crippen LogP) is 3.24. The maximum atomic E-state index is 4.50. The van der Waals surface area contributed by atoms with E-state index in [2.05, 4.69) is 21.4 Å². The zero-order valence-electron chi connectivity index (χ0n) is 8.02. The van der Waals surface area contributed by atoms with Gasteiger partial charge in [0, 0.05) is 6.20 Å².